The van der Waals surface area contributed by atoms with Gasteiger partial charge in [-0.15, -0.1) is 0 Å². The number of hydrogen-bond donors (Lipinski definition) is 1. The summed E-state index contributed by atoms with van der Waals surface area (Å²) < 4.78 is 5.18. The van der Waals surface area contributed by atoms with E-state index in [1.54, 1.807) is 7.11 Å². The first-order chi connectivity index (χ1) is 9.69. The minimum Gasteiger partial charge on any atom is -0.385 e. The number of carbonyl (C=O) groups excluding carboxylic acids is 1. The molecule has 2 fully saturated rings. The monoisotopic (exact) mass is 282 g/mol. The Bertz CT molecular complexity index is 316. The fourth-order valence-electron chi connectivity index (χ4n) is 3.73. The van der Waals surface area contributed by atoms with Crippen molar-refractivity contribution in [3.63, 3.8) is 0 Å². The zero-order valence-corrected chi connectivity index (χ0v) is 13.2. The molecule has 116 valence electrons. The van der Waals surface area contributed by atoms with E-state index in [0.29, 0.717) is 11.8 Å². The summed E-state index contributed by atoms with van der Waals surface area (Å²) in [7, 11) is 1.73. The maximum absolute atomic E-state index is 12.7. The van der Waals surface area contributed by atoms with Crippen molar-refractivity contribution in [3.05, 3.63) is 0 Å². The maximum Gasteiger partial charge on any atom is 0.241 e. The normalized spacial score (nSPS) is 29.4. The average molecular weight is 282 g/mol. The standard InChI is InChI=1S/C16H30N2O2/c1-4-7-14-16(19)18(12(2)10-11-20-3)15(17-14)13-8-5-6-9-13/h12-15,17H,4-11H2,1-3H3. The molecule has 0 aromatic heterocycles. The van der Waals surface area contributed by atoms with E-state index in [0.717, 1.165) is 25.9 Å². The lowest BCUT2D eigenvalue weighted by atomic mass is 10.0. The van der Waals surface area contributed by atoms with Gasteiger partial charge in [0, 0.05) is 19.8 Å². The van der Waals surface area contributed by atoms with Gasteiger partial charge in [-0.3, -0.25) is 10.1 Å². The third-order valence-electron chi connectivity index (χ3n) is 4.86. The highest BCUT2D eigenvalue weighted by Gasteiger charge is 2.44. The van der Waals surface area contributed by atoms with E-state index >= 15 is 0 Å². The van der Waals surface area contributed by atoms with E-state index in [-0.39, 0.29) is 18.2 Å². The number of nitrogens with one attached hydrogen (secondary N) is 1. The van der Waals surface area contributed by atoms with Gasteiger partial charge in [0.1, 0.15) is 0 Å². The predicted molar refractivity (Wildman–Crippen MR) is 80.4 cm³/mol. The zero-order valence-electron chi connectivity index (χ0n) is 13.2. The number of carbonyl (C=O) groups is 1. The molecule has 4 nitrogen and oxygen atoms in total. The van der Waals surface area contributed by atoms with Gasteiger partial charge in [0.2, 0.25) is 5.91 Å². The van der Waals surface area contributed by atoms with Crippen LogP contribution in [0.3, 0.4) is 0 Å². The number of amides is 1. The van der Waals surface area contributed by atoms with Crippen LogP contribution in [0.2, 0.25) is 0 Å². The highest BCUT2D eigenvalue weighted by atomic mass is 16.5. The molecule has 4 heteroatoms. The molecule has 2 aliphatic rings. The van der Waals surface area contributed by atoms with E-state index in [2.05, 4.69) is 24.1 Å². The highest BCUT2D eigenvalue weighted by molar-refractivity contribution is 5.84. The van der Waals surface area contributed by atoms with Crippen LogP contribution in [0.25, 0.3) is 0 Å². The first kappa shape index (κ1) is 15.8. The van der Waals surface area contributed by atoms with Crippen molar-refractivity contribution in [3.8, 4) is 0 Å². The third-order valence-corrected chi connectivity index (χ3v) is 4.86. The summed E-state index contributed by atoms with van der Waals surface area (Å²) in [6.07, 6.45) is 8.34. The molecule has 0 radical (unpaired) electrons. The summed E-state index contributed by atoms with van der Waals surface area (Å²) in [6, 6.07) is 0.304. The van der Waals surface area contributed by atoms with Crippen molar-refractivity contribution in [1.82, 2.24) is 10.2 Å². The molecule has 2 rings (SSSR count). The van der Waals surface area contributed by atoms with Crippen LogP contribution < -0.4 is 5.32 Å². The number of hydrogen-bond acceptors (Lipinski definition) is 3. The van der Waals surface area contributed by atoms with Gasteiger partial charge in [-0.1, -0.05) is 26.2 Å². The number of rotatable bonds is 7. The number of methoxy groups -OCH3 is 1. The summed E-state index contributed by atoms with van der Waals surface area (Å²) in [5.74, 6) is 0.957. The summed E-state index contributed by atoms with van der Waals surface area (Å²) in [5.41, 5.74) is 0. The SMILES string of the molecule is CCCC1NC(C2CCCC2)N(C(C)CCOC)C1=O. The zero-order chi connectivity index (χ0) is 14.5. The van der Waals surface area contributed by atoms with Gasteiger partial charge in [-0.05, 0) is 38.5 Å². The lowest BCUT2D eigenvalue weighted by Crippen LogP contribution is -2.47. The highest BCUT2D eigenvalue weighted by Crippen LogP contribution is 2.34. The van der Waals surface area contributed by atoms with Crippen LogP contribution in [-0.4, -0.2) is 42.8 Å². The van der Waals surface area contributed by atoms with Crippen LogP contribution in [0.15, 0.2) is 0 Å². The fourth-order valence-corrected chi connectivity index (χ4v) is 3.73. The molecule has 0 aromatic rings. The van der Waals surface area contributed by atoms with Crippen LogP contribution >= 0.6 is 0 Å². The second kappa shape index (κ2) is 7.41. The summed E-state index contributed by atoms with van der Waals surface area (Å²) in [5, 5.41) is 3.63. The van der Waals surface area contributed by atoms with Gasteiger partial charge in [0.05, 0.1) is 12.2 Å². The molecule has 0 aromatic carbocycles. The predicted octanol–water partition coefficient (Wildman–Crippen LogP) is 2.53. The van der Waals surface area contributed by atoms with Crippen LogP contribution in [0, 0.1) is 5.92 Å². The van der Waals surface area contributed by atoms with E-state index < -0.39 is 0 Å². The van der Waals surface area contributed by atoms with Crippen LogP contribution in [0.5, 0.6) is 0 Å². The smallest absolute Gasteiger partial charge is 0.241 e. The Morgan fingerprint density at radius 2 is 2.10 bits per heavy atom. The van der Waals surface area contributed by atoms with E-state index in [9.17, 15) is 4.79 Å². The minimum atomic E-state index is 0.0376. The van der Waals surface area contributed by atoms with E-state index in [4.69, 9.17) is 4.74 Å². The maximum atomic E-state index is 12.7. The Labute approximate surface area is 123 Å². The van der Waals surface area contributed by atoms with Crippen LogP contribution in [0.1, 0.15) is 58.8 Å². The molecule has 1 saturated carbocycles. The lowest BCUT2D eigenvalue weighted by Gasteiger charge is -2.33. The third kappa shape index (κ3) is 3.34. The Morgan fingerprint density at radius 3 is 2.70 bits per heavy atom. The van der Waals surface area contributed by atoms with E-state index in [1.807, 2.05) is 0 Å². The number of nitrogens with zero attached hydrogens (tertiary/aromatic N) is 1. The summed E-state index contributed by atoms with van der Waals surface area (Å²) >= 11 is 0. The van der Waals surface area contributed by atoms with Crippen molar-refractivity contribution < 1.29 is 9.53 Å². The first-order valence-corrected chi connectivity index (χ1v) is 8.26. The first-order valence-electron chi connectivity index (χ1n) is 8.26. The second-order valence-electron chi connectivity index (χ2n) is 6.37. The molecular weight excluding hydrogens is 252 g/mol. The average Bonchev–Trinajstić information content (AvgIpc) is 3.05. The van der Waals surface area contributed by atoms with Crippen molar-refractivity contribution in [2.75, 3.05) is 13.7 Å². The van der Waals surface area contributed by atoms with Gasteiger partial charge >= 0.3 is 0 Å². The van der Waals surface area contributed by atoms with Gasteiger partial charge in [-0.25, -0.2) is 0 Å². The molecule has 1 heterocycles. The molecule has 20 heavy (non-hydrogen) atoms. The molecule has 0 bridgehead atoms. The lowest BCUT2D eigenvalue weighted by molar-refractivity contribution is -0.133. The van der Waals surface area contributed by atoms with Crippen LogP contribution in [-0.2, 0) is 9.53 Å². The molecule has 3 unspecified atom stereocenters. The van der Waals surface area contributed by atoms with Crippen LogP contribution in [0.4, 0.5) is 0 Å². The Morgan fingerprint density at radius 1 is 1.40 bits per heavy atom. The summed E-state index contributed by atoms with van der Waals surface area (Å²) in [6.45, 7) is 5.03. The molecule has 1 aliphatic heterocycles. The Hall–Kier alpha value is -0.610. The molecule has 1 aliphatic carbocycles. The van der Waals surface area contributed by atoms with Crippen molar-refractivity contribution in [2.24, 2.45) is 5.92 Å². The van der Waals surface area contributed by atoms with Gasteiger partial charge in [-0.2, -0.15) is 0 Å². The van der Waals surface area contributed by atoms with E-state index in [1.165, 1.54) is 25.7 Å². The van der Waals surface area contributed by atoms with Gasteiger partial charge in [0.15, 0.2) is 0 Å². The quantitative estimate of drug-likeness (QED) is 0.780. The topological polar surface area (TPSA) is 41.6 Å². The molecule has 0 spiro atoms. The van der Waals surface area contributed by atoms with Crippen molar-refractivity contribution in [2.45, 2.75) is 77.0 Å². The largest absolute Gasteiger partial charge is 0.385 e. The minimum absolute atomic E-state index is 0.0376. The summed E-state index contributed by atoms with van der Waals surface area (Å²) in [4.78, 5) is 14.8. The van der Waals surface area contributed by atoms with Gasteiger partial charge in [0.25, 0.3) is 0 Å². The molecule has 3 atom stereocenters. The Balaban J connectivity index is 2.07. The molecule has 1 amide bonds. The molecule has 1 N–H and O–H groups in total. The Kier molecular flexibility index (Phi) is 5.85. The fraction of sp³-hybridized carbons (Fsp3) is 0.938. The van der Waals surface area contributed by atoms with Crippen molar-refractivity contribution in [1.29, 1.82) is 0 Å². The van der Waals surface area contributed by atoms with Crippen molar-refractivity contribution >= 4 is 5.91 Å². The second-order valence-corrected chi connectivity index (χ2v) is 6.37. The van der Waals surface area contributed by atoms with Gasteiger partial charge < -0.3 is 9.64 Å². The molecular formula is C16H30N2O2. The molecule has 1 saturated heterocycles. The number of ether oxygens (including phenoxy) is 1.